The highest BCUT2D eigenvalue weighted by atomic mass is 32.2. The Morgan fingerprint density at radius 1 is 1.42 bits per heavy atom. The third-order valence-electron chi connectivity index (χ3n) is 2.68. The van der Waals surface area contributed by atoms with Crippen LogP contribution >= 0.6 is 0 Å². The number of sulfonamides is 1. The average molecular weight is 284 g/mol. The number of nitrogen functional groups attached to an aromatic ring is 1. The van der Waals surface area contributed by atoms with Crippen molar-refractivity contribution in [3.63, 3.8) is 0 Å². The fourth-order valence-corrected chi connectivity index (χ4v) is 2.53. The van der Waals surface area contributed by atoms with Crippen molar-refractivity contribution in [1.82, 2.24) is 4.72 Å². The lowest BCUT2D eigenvalue weighted by atomic mass is 10.2. The van der Waals surface area contributed by atoms with Gasteiger partial charge in [0.05, 0.1) is 17.7 Å². The third-order valence-corrected chi connectivity index (χ3v) is 4.07. The number of nitrogens with one attached hydrogen (secondary N) is 1. The van der Waals surface area contributed by atoms with Crippen LogP contribution in [0.25, 0.3) is 0 Å². The van der Waals surface area contributed by atoms with Crippen LogP contribution in [0.1, 0.15) is 11.3 Å². The maximum absolute atomic E-state index is 13.5. The van der Waals surface area contributed by atoms with Crippen molar-refractivity contribution in [3.05, 3.63) is 47.7 Å². The first-order chi connectivity index (χ1) is 8.90. The predicted molar refractivity (Wildman–Crippen MR) is 68.3 cm³/mol. The van der Waals surface area contributed by atoms with Gasteiger partial charge in [0.2, 0.25) is 10.0 Å². The van der Waals surface area contributed by atoms with Crippen molar-refractivity contribution in [2.75, 3.05) is 5.73 Å². The molecule has 0 aliphatic rings. The fourth-order valence-electron chi connectivity index (χ4n) is 1.49. The third kappa shape index (κ3) is 2.94. The van der Waals surface area contributed by atoms with E-state index in [0.717, 1.165) is 6.07 Å². The molecule has 0 aliphatic heterocycles. The molecule has 102 valence electrons. The van der Waals surface area contributed by atoms with Crippen LogP contribution in [0, 0.1) is 12.7 Å². The van der Waals surface area contributed by atoms with Gasteiger partial charge in [-0.3, -0.25) is 0 Å². The Balaban J connectivity index is 2.24. The molecule has 0 saturated carbocycles. The zero-order chi connectivity index (χ0) is 14.0. The van der Waals surface area contributed by atoms with Crippen molar-refractivity contribution in [2.45, 2.75) is 18.4 Å². The number of benzene rings is 1. The van der Waals surface area contributed by atoms with Gasteiger partial charge in [0, 0.05) is 11.3 Å². The molecule has 0 bridgehead atoms. The number of rotatable bonds is 4. The first-order valence-electron chi connectivity index (χ1n) is 5.48. The van der Waals surface area contributed by atoms with E-state index in [1.54, 1.807) is 12.1 Å². The highest BCUT2D eigenvalue weighted by Crippen LogP contribution is 2.21. The molecule has 1 aromatic heterocycles. The van der Waals surface area contributed by atoms with Gasteiger partial charge in [0.15, 0.2) is 0 Å². The first-order valence-corrected chi connectivity index (χ1v) is 6.96. The smallest absolute Gasteiger partial charge is 0.241 e. The molecular weight excluding hydrogens is 271 g/mol. The second-order valence-electron chi connectivity index (χ2n) is 4.02. The number of hydrogen-bond donors (Lipinski definition) is 2. The first kappa shape index (κ1) is 13.6. The highest BCUT2D eigenvalue weighted by Gasteiger charge is 2.17. The number of nitrogens with two attached hydrogens (primary N) is 1. The molecule has 0 radical (unpaired) electrons. The summed E-state index contributed by atoms with van der Waals surface area (Å²) in [6.07, 6.45) is 1.44. The molecule has 0 spiro atoms. The lowest BCUT2D eigenvalue weighted by molar-refractivity contribution is 0.498. The standard InChI is InChI=1S/C12H13FN2O3S/c1-8-11(13)5-10(6-12(8)14)19(16,17)15-7-9-3-2-4-18-9/h2-6,15H,7,14H2,1H3. The van der Waals surface area contributed by atoms with Crippen molar-refractivity contribution < 1.29 is 17.2 Å². The minimum Gasteiger partial charge on any atom is -0.468 e. The molecule has 1 aromatic carbocycles. The van der Waals surface area contributed by atoms with Crippen LogP contribution in [0.15, 0.2) is 39.8 Å². The molecule has 7 heteroatoms. The topological polar surface area (TPSA) is 85.3 Å². The van der Waals surface area contributed by atoms with Gasteiger partial charge < -0.3 is 10.2 Å². The van der Waals surface area contributed by atoms with Gasteiger partial charge in [-0.2, -0.15) is 0 Å². The van der Waals surface area contributed by atoms with Gasteiger partial charge in [0.25, 0.3) is 0 Å². The van der Waals surface area contributed by atoms with Gasteiger partial charge >= 0.3 is 0 Å². The number of furan rings is 1. The van der Waals surface area contributed by atoms with E-state index >= 15 is 0 Å². The molecule has 1 heterocycles. The fraction of sp³-hybridized carbons (Fsp3) is 0.167. The summed E-state index contributed by atoms with van der Waals surface area (Å²) in [4.78, 5) is -0.209. The van der Waals surface area contributed by atoms with Crippen LogP contribution < -0.4 is 10.5 Å². The van der Waals surface area contributed by atoms with E-state index in [-0.39, 0.29) is 22.7 Å². The molecule has 0 aliphatic carbocycles. The number of hydrogen-bond acceptors (Lipinski definition) is 4. The van der Waals surface area contributed by atoms with Gasteiger partial charge in [0.1, 0.15) is 11.6 Å². The van der Waals surface area contributed by atoms with E-state index in [0.29, 0.717) is 5.76 Å². The zero-order valence-electron chi connectivity index (χ0n) is 10.2. The van der Waals surface area contributed by atoms with E-state index in [9.17, 15) is 12.8 Å². The van der Waals surface area contributed by atoms with E-state index < -0.39 is 15.8 Å². The highest BCUT2D eigenvalue weighted by molar-refractivity contribution is 7.89. The van der Waals surface area contributed by atoms with E-state index in [4.69, 9.17) is 10.2 Å². The minimum atomic E-state index is -3.83. The normalized spacial score (nSPS) is 11.7. The molecule has 0 fully saturated rings. The van der Waals surface area contributed by atoms with Crippen LogP contribution in [0.5, 0.6) is 0 Å². The number of anilines is 1. The minimum absolute atomic E-state index is 0.00919. The molecular formula is C12H13FN2O3S. The Kier molecular flexibility index (Phi) is 3.59. The second kappa shape index (κ2) is 5.02. The largest absolute Gasteiger partial charge is 0.468 e. The van der Waals surface area contributed by atoms with E-state index in [1.165, 1.54) is 19.3 Å². The summed E-state index contributed by atoms with van der Waals surface area (Å²) in [5.41, 5.74) is 5.88. The lowest BCUT2D eigenvalue weighted by Gasteiger charge is -2.08. The average Bonchev–Trinajstić information content (AvgIpc) is 2.86. The maximum Gasteiger partial charge on any atom is 0.241 e. The molecule has 0 saturated heterocycles. The summed E-state index contributed by atoms with van der Waals surface area (Å²) in [6, 6.07) is 5.44. The molecule has 2 rings (SSSR count). The monoisotopic (exact) mass is 284 g/mol. The van der Waals surface area contributed by atoms with Gasteiger partial charge in [-0.1, -0.05) is 0 Å². The van der Waals surface area contributed by atoms with Crippen molar-refractivity contribution in [2.24, 2.45) is 0 Å². The summed E-state index contributed by atoms with van der Waals surface area (Å²) in [5, 5.41) is 0. The maximum atomic E-state index is 13.5. The summed E-state index contributed by atoms with van der Waals surface area (Å²) in [7, 11) is -3.83. The molecule has 19 heavy (non-hydrogen) atoms. The molecule has 3 N–H and O–H groups in total. The number of halogens is 1. The van der Waals surface area contributed by atoms with Crippen LogP contribution in [0.4, 0.5) is 10.1 Å². The van der Waals surface area contributed by atoms with Crippen LogP contribution in [-0.4, -0.2) is 8.42 Å². The van der Waals surface area contributed by atoms with Crippen LogP contribution in [0.2, 0.25) is 0 Å². The Bertz CT molecular complexity index is 658. The molecule has 0 unspecified atom stereocenters. The second-order valence-corrected chi connectivity index (χ2v) is 5.79. The Morgan fingerprint density at radius 2 is 2.16 bits per heavy atom. The predicted octanol–water partition coefficient (Wildman–Crippen LogP) is 1.79. The van der Waals surface area contributed by atoms with E-state index in [2.05, 4.69) is 4.72 Å². The molecule has 0 amide bonds. The Labute approximate surface area is 110 Å². The SMILES string of the molecule is Cc1c(N)cc(S(=O)(=O)NCc2ccco2)cc1F. The quantitative estimate of drug-likeness (QED) is 0.838. The molecule has 2 aromatic rings. The van der Waals surface area contributed by atoms with Crippen molar-refractivity contribution >= 4 is 15.7 Å². The Hall–Kier alpha value is -1.86. The summed E-state index contributed by atoms with van der Waals surface area (Å²) < 4.78 is 44.7. The van der Waals surface area contributed by atoms with Crippen LogP contribution in [-0.2, 0) is 16.6 Å². The lowest BCUT2D eigenvalue weighted by Crippen LogP contribution is -2.23. The zero-order valence-corrected chi connectivity index (χ0v) is 11.0. The van der Waals surface area contributed by atoms with Gasteiger partial charge in [-0.15, -0.1) is 0 Å². The summed E-state index contributed by atoms with van der Waals surface area (Å²) >= 11 is 0. The van der Waals surface area contributed by atoms with Crippen molar-refractivity contribution in [1.29, 1.82) is 0 Å². The van der Waals surface area contributed by atoms with Crippen LogP contribution in [0.3, 0.4) is 0 Å². The Morgan fingerprint density at radius 3 is 2.74 bits per heavy atom. The van der Waals surface area contributed by atoms with Gasteiger partial charge in [-0.25, -0.2) is 17.5 Å². The molecule has 5 nitrogen and oxygen atoms in total. The van der Waals surface area contributed by atoms with E-state index in [1.807, 2.05) is 0 Å². The van der Waals surface area contributed by atoms with Crippen molar-refractivity contribution in [3.8, 4) is 0 Å². The van der Waals surface area contributed by atoms with Gasteiger partial charge in [-0.05, 0) is 31.2 Å². The molecule has 0 atom stereocenters. The summed E-state index contributed by atoms with van der Waals surface area (Å²) in [5.74, 6) is -0.192. The summed E-state index contributed by atoms with van der Waals surface area (Å²) in [6.45, 7) is 1.47.